The van der Waals surface area contributed by atoms with Crippen LogP contribution in [0.5, 0.6) is 0 Å². The predicted octanol–water partition coefficient (Wildman–Crippen LogP) is 0.210. The summed E-state index contributed by atoms with van der Waals surface area (Å²) in [6.45, 7) is 9.66. The number of piperazine rings is 1. The van der Waals surface area contributed by atoms with Crippen molar-refractivity contribution >= 4 is 0 Å². The summed E-state index contributed by atoms with van der Waals surface area (Å²) in [6.07, 6.45) is 2.64. The van der Waals surface area contributed by atoms with Gasteiger partial charge in [-0.05, 0) is 46.3 Å². The Morgan fingerprint density at radius 3 is 2.56 bits per heavy atom. The van der Waals surface area contributed by atoms with E-state index in [4.69, 9.17) is 0 Å². The Kier molecular flexibility index (Phi) is 5.42. The van der Waals surface area contributed by atoms with E-state index < -0.39 is 0 Å². The smallest absolute Gasteiger partial charge is 0.0120 e. The van der Waals surface area contributed by atoms with Crippen LogP contribution in [0.25, 0.3) is 0 Å². The summed E-state index contributed by atoms with van der Waals surface area (Å²) >= 11 is 0. The van der Waals surface area contributed by atoms with Crippen molar-refractivity contribution in [2.45, 2.75) is 31.8 Å². The molecule has 2 rings (SSSR count). The fourth-order valence-corrected chi connectivity index (χ4v) is 3.48. The Morgan fingerprint density at radius 1 is 1.28 bits per heavy atom. The number of nitrogens with zero attached hydrogens (tertiary/aromatic N) is 2. The van der Waals surface area contributed by atoms with Gasteiger partial charge >= 0.3 is 0 Å². The lowest BCUT2D eigenvalue weighted by Crippen LogP contribution is -2.50. The Labute approximate surface area is 112 Å². The molecule has 2 N–H and O–H groups in total. The normalized spacial score (nSPS) is 30.5. The van der Waals surface area contributed by atoms with E-state index in [1.54, 1.807) is 0 Å². The number of likely N-dealkylation sites (tertiary alicyclic amines) is 1. The molecule has 0 radical (unpaired) electrons. The third-order valence-corrected chi connectivity index (χ3v) is 4.74. The topological polar surface area (TPSA) is 30.5 Å². The fraction of sp³-hybridized carbons (Fsp3) is 1.00. The standard InChI is InChI=1S/C14H30N4/c1-12(18-8-5-16-6-9-18)10-14(15-2)13-4-7-17(3)11-13/h12-16H,4-11H2,1-3H3. The van der Waals surface area contributed by atoms with E-state index in [1.807, 2.05) is 0 Å². The second-order valence-electron chi connectivity index (χ2n) is 6.08. The molecule has 2 aliphatic heterocycles. The number of hydrogen-bond acceptors (Lipinski definition) is 4. The molecule has 0 saturated carbocycles. The molecule has 2 fully saturated rings. The third kappa shape index (κ3) is 3.67. The first-order valence-corrected chi connectivity index (χ1v) is 7.51. The minimum atomic E-state index is 0.680. The molecule has 0 aliphatic carbocycles. The lowest BCUT2D eigenvalue weighted by Gasteiger charge is -2.36. The molecule has 2 aliphatic rings. The maximum atomic E-state index is 3.57. The van der Waals surface area contributed by atoms with Gasteiger partial charge in [0.25, 0.3) is 0 Å². The van der Waals surface area contributed by atoms with Crippen molar-refractivity contribution in [3.05, 3.63) is 0 Å². The Morgan fingerprint density at radius 2 is 2.00 bits per heavy atom. The van der Waals surface area contributed by atoms with Gasteiger partial charge in [0, 0.05) is 44.8 Å². The Hall–Kier alpha value is -0.160. The van der Waals surface area contributed by atoms with Crippen LogP contribution in [0, 0.1) is 5.92 Å². The second-order valence-corrected chi connectivity index (χ2v) is 6.08. The molecular weight excluding hydrogens is 224 g/mol. The van der Waals surface area contributed by atoms with Crippen LogP contribution >= 0.6 is 0 Å². The summed E-state index contributed by atoms with van der Waals surface area (Å²) < 4.78 is 0. The molecule has 0 aromatic carbocycles. The molecule has 0 amide bonds. The zero-order valence-electron chi connectivity index (χ0n) is 12.3. The van der Waals surface area contributed by atoms with E-state index in [0.717, 1.165) is 19.0 Å². The van der Waals surface area contributed by atoms with Crippen LogP contribution in [0.4, 0.5) is 0 Å². The minimum Gasteiger partial charge on any atom is -0.317 e. The first kappa shape index (κ1) is 14.3. The van der Waals surface area contributed by atoms with E-state index in [0.29, 0.717) is 12.1 Å². The van der Waals surface area contributed by atoms with Gasteiger partial charge < -0.3 is 15.5 Å². The van der Waals surface area contributed by atoms with Crippen molar-refractivity contribution in [2.24, 2.45) is 5.92 Å². The van der Waals surface area contributed by atoms with Crippen LogP contribution in [-0.4, -0.2) is 75.2 Å². The first-order valence-electron chi connectivity index (χ1n) is 7.51. The van der Waals surface area contributed by atoms with Crippen LogP contribution in [0.2, 0.25) is 0 Å². The molecule has 18 heavy (non-hydrogen) atoms. The highest BCUT2D eigenvalue weighted by molar-refractivity contribution is 4.86. The van der Waals surface area contributed by atoms with Crippen LogP contribution < -0.4 is 10.6 Å². The van der Waals surface area contributed by atoms with Gasteiger partial charge in [0.05, 0.1) is 0 Å². The van der Waals surface area contributed by atoms with Crippen molar-refractivity contribution < 1.29 is 0 Å². The Bertz CT molecular complexity index is 240. The zero-order valence-corrected chi connectivity index (χ0v) is 12.3. The molecule has 2 heterocycles. The molecule has 106 valence electrons. The zero-order chi connectivity index (χ0) is 13.0. The molecule has 0 spiro atoms. The van der Waals surface area contributed by atoms with Gasteiger partial charge in [0.15, 0.2) is 0 Å². The van der Waals surface area contributed by atoms with E-state index in [2.05, 4.69) is 41.5 Å². The van der Waals surface area contributed by atoms with E-state index in [9.17, 15) is 0 Å². The highest BCUT2D eigenvalue weighted by Gasteiger charge is 2.29. The van der Waals surface area contributed by atoms with Crippen molar-refractivity contribution in [1.82, 2.24) is 20.4 Å². The largest absolute Gasteiger partial charge is 0.317 e. The molecule has 4 nitrogen and oxygen atoms in total. The average molecular weight is 254 g/mol. The van der Waals surface area contributed by atoms with Crippen molar-refractivity contribution in [3.8, 4) is 0 Å². The molecule has 2 saturated heterocycles. The Balaban J connectivity index is 1.81. The third-order valence-electron chi connectivity index (χ3n) is 4.74. The van der Waals surface area contributed by atoms with Gasteiger partial charge in [0.2, 0.25) is 0 Å². The number of nitrogens with one attached hydrogen (secondary N) is 2. The SMILES string of the molecule is CNC(CC(C)N1CCNCC1)C1CCN(C)C1. The summed E-state index contributed by atoms with van der Waals surface area (Å²) in [5.41, 5.74) is 0. The molecule has 0 aromatic rings. The molecular formula is C14H30N4. The van der Waals surface area contributed by atoms with Gasteiger partial charge in [-0.2, -0.15) is 0 Å². The molecule has 3 unspecified atom stereocenters. The van der Waals surface area contributed by atoms with Gasteiger partial charge in [-0.3, -0.25) is 4.90 Å². The highest BCUT2D eigenvalue weighted by Crippen LogP contribution is 2.22. The summed E-state index contributed by atoms with van der Waals surface area (Å²) in [5.74, 6) is 0.838. The van der Waals surface area contributed by atoms with Crippen LogP contribution in [0.1, 0.15) is 19.8 Å². The van der Waals surface area contributed by atoms with E-state index in [-0.39, 0.29) is 0 Å². The van der Waals surface area contributed by atoms with Gasteiger partial charge in [-0.15, -0.1) is 0 Å². The van der Waals surface area contributed by atoms with Crippen LogP contribution in [-0.2, 0) is 0 Å². The summed E-state index contributed by atoms with van der Waals surface area (Å²) in [7, 11) is 4.37. The first-order chi connectivity index (χ1) is 8.70. The lowest BCUT2D eigenvalue weighted by atomic mass is 9.93. The quantitative estimate of drug-likeness (QED) is 0.734. The number of hydrogen-bond donors (Lipinski definition) is 2. The summed E-state index contributed by atoms with van der Waals surface area (Å²) in [6, 6.07) is 1.38. The van der Waals surface area contributed by atoms with Crippen molar-refractivity contribution in [3.63, 3.8) is 0 Å². The van der Waals surface area contributed by atoms with Crippen LogP contribution in [0.15, 0.2) is 0 Å². The lowest BCUT2D eigenvalue weighted by molar-refractivity contribution is 0.156. The average Bonchev–Trinajstić information content (AvgIpc) is 2.83. The molecule has 4 heteroatoms. The summed E-state index contributed by atoms with van der Waals surface area (Å²) in [4.78, 5) is 5.10. The number of rotatable bonds is 5. The monoisotopic (exact) mass is 254 g/mol. The fourth-order valence-electron chi connectivity index (χ4n) is 3.48. The maximum Gasteiger partial charge on any atom is 0.0120 e. The maximum absolute atomic E-state index is 3.57. The van der Waals surface area contributed by atoms with E-state index in [1.165, 1.54) is 39.0 Å². The summed E-state index contributed by atoms with van der Waals surface area (Å²) in [5, 5.41) is 7.00. The molecule has 0 aromatic heterocycles. The van der Waals surface area contributed by atoms with E-state index >= 15 is 0 Å². The highest BCUT2D eigenvalue weighted by atomic mass is 15.2. The van der Waals surface area contributed by atoms with Crippen LogP contribution in [0.3, 0.4) is 0 Å². The van der Waals surface area contributed by atoms with Gasteiger partial charge in [-0.1, -0.05) is 0 Å². The second kappa shape index (κ2) is 6.85. The minimum absolute atomic E-state index is 0.680. The van der Waals surface area contributed by atoms with Crippen molar-refractivity contribution in [2.75, 3.05) is 53.4 Å². The molecule has 0 bridgehead atoms. The van der Waals surface area contributed by atoms with Crippen molar-refractivity contribution in [1.29, 1.82) is 0 Å². The van der Waals surface area contributed by atoms with Gasteiger partial charge in [-0.25, -0.2) is 0 Å². The van der Waals surface area contributed by atoms with Gasteiger partial charge in [0.1, 0.15) is 0 Å². The molecule has 3 atom stereocenters. The predicted molar refractivity (Wildman–Crippen MR) is 77.0 cm³/mol.